The van der Waals surface area contributed by atoms with Gasteiger partial charge in [0.15, 0.2) is 6.21 Å². The Morgan fingerprint density at radius 2 is 2.18 bits per heavy atom. The number of fused-ring (bicyclic) bond motifs is 1. The molecule has 0 atom stereocenters. The van der Waals surface area contributed by atoms with Gasteiger partial charge in [-0.05, 0) is 29.5 Å². The van der Waals surface area contributed by atoms with Crippen molar-refractivity contribution in [1.82, 2.24) is 0 Å². The van der Waals surface area contributed by atoms with Crippen LogP contribution in [0, 0.1) is 17.6 Å². The van der Waals surface area contributed by atoms with Gasteiger partial charge in [0.2, 0.25) is 0 Å². The third kappa shape index (κ3) is 2.39. The highest BCUT2D eigenvalue weighted by molar-refractivity contribution is 5.91. The minimum absolute atomic E-state index is 0.580. The smallest absolute Gasteiger partial charge is 0.177 e. The molecule has 0 unspecified atom stereocenters. The van der Waals surface area contributed by atoms with Crippen LogP contribution in [0.1, 0.15) is 24.0 Å². The summed E-state index contributed by atoms with van der Waals surface area (Å²) in [5.74, 6) is 2.68. The van der Waals surface area contributed by atoms with Crippen molar-refractivity contribution in [3.8, 4) is 12.3 Å². The van der Waals surface area contributed by atoms with Crippen molar-refractivity contribution in [2.24, 2.45) is 0 Å². The van der Waals surface area contributed by atoms with Gasteiger partial charge < -0.3 is 5.21 Å². The molecule has 1 aromatic rings. The van der Waals surface area contributed by atoms with E-state index in [1.807, 2.05) is 12.1 Å². The highest BCUT2D eigenvalue weighted by Crippen LogP contribution is 2.32. The van der Waals surface area contributed by atoms with Crippen molar-refractivity contribution in [2.75, 3.05) is 7.05 Å². The van der Waals surface area contributed by atoms with E-state index in [2.05, 4.69) is 18.1 Å². The van der Waals surface area contributed by atoms with Crippen molar-refractivity contribution >= 4 is 11.8 Å². The monoisotopic (exact) mass is 225 g/mol. The normalized spacial score (nSPS) is 15.4. The maximum atomic E-state index is 11.1. The Balaban J connectivity index is 2.55. The van der Waals surface area contributed by atoms with Crippen molar-refractivity contribution in [3.05, 3.63) is 46.2 Å². The first kappa shape index (κ1) is 11.5. The highest BCUT2D eigenvalue weighted by Gasteiger charge is 2.18. The van der Waals surface area contributed by atoms with E-state index >= 15 is 0 Å². The van der Waals surface area contributed by atoms with Gasteiger partial charge >= 0.3 is 0 Å². The summed E-state index contributed by atoms with van der Waals surface area (Å²) < 4.78 is 0.847. The second-order valence-corrected chi connectivity index (χ2v) is 4.22. The number of nitrogens with zero attached hydrogens (tertiary/aromatic N) is 1. The Kier molecular flexibility index (Phi) is 3.30. The molecule has 0 aromatic heterocycles. The van der Waals surface area contributed by atoms with Crippen LogP contribution in [0.3, 0.4) is 0 Å². The van der Waals surface area contributed by atoms with E-state index in [9.17, 15) is 5.21 Å². The van der Waals surface area contributed by atoms with Gasteiger partial charge in [0.05, 0.1) is 0 Å². The highest BCUT2D eigenvalue weighted by atomic mass is 16.5. The van der Waals surface area contributed by atoms with Gasteiger partial charge in [0.25, 0.3) is 0 Å². The number of benzene rings is 1. The number of hydrogen-bond acceptors (Lipinski definition) is 1. The predicted molar refractivity (Wildman–Crippen MR) is 70.7 cm³/mol. The number of hydrogen-bond donors (Lipinski definition) is 0. The second kappa shape index (κ2) is 4.88. The molecule has 0 heterocycles. The zero-order valence-corrected chi connectivity index (χ0v) is 9.94. The van der Waals surface area contributed by atoms with Crippen LogP contribution in [0.4, 0.5) is 0 Å². The fraction of sp³-hybridized carbons (Fsp3) is 0.267. The summed E-state index contributed by atoms with van der Waals surface area (Å²) in [6, 6.07) is 8.27. The van der Waals surface area contributed by atoms with Crippen molar-refractivity contribution in [2.45, 2.75) is 19.3 Å². The molecular weight excluding hydrogens is 210 g/mol. The van der Waals surface area contributed by atoms with Crippen LogP contribution in [0.25, 0.3) is 5.57 Å². The first-order valence-corrected chi connectivity index (χ1v) is 5.71. The molecule has 0 N–H and O–H groups in total. The molecule has 0 saturated carbocycles. The molecule has 2 rings (SSSR count). The van der Waals surface area contributed by atoms with Crippen molar-refractivity contribution in [3.63, 3.8) is 0 Å². The minimum atomic E-state index is 0.580. The quantitative estimate of drug-likeness (QED) is 0.250. The fourth-order valence-corrected chi connectivity index (χ4v) is 2.30. The standard InChI is InChI=1S/C15H15NO/c1-3-6-14-13(11-16(2)17)10-9-12-7-4-5-8-15(12)14/h1,4-5,7-8,11H,6,9-10H2,2H3/b16-11-. The second-order valence-electron chi connectivity index (χ2n) is 4.22. The summed E-state index contributed by atoms with van der Waals surface area (Å²) in [5.41, 5.74) is 4.71. The Morgan fingerprint density at radius 1 is 1.41 bits per heavy atom. The van der Waals surface area contributed by atoms with Crippen LogP contribution in [0.2, 0.25) is 0 Å². The van der Waals surface area contributed by atoms with Crippen LogP contribution in [-0.4, -0.2) is 18.0 Å². The molecule has 2 heteroatoms. The maximum Gasteiger partial charge on any atom is 0.177 e. The maximum absolute atomic E-state index is 11.1. The van der Waals surface area contributed by atoms with E-state index in [0.717, 1.165) is 28.7 Å². The van der Waals surface area contributed by atoms with E-state index in [1.165, 1.54) is 18.2 Å². The average Bonchev–Trinajstić information content (AvgIpc) is 2.32. The zero-order chi connectivity index (χ0) is 12.3. The van der Waals surface area contributed by atoms with Gasteiger partial charge in [-0.15, -0.1) is 12.3 Å². The summed E-state index contributed by atoms with van der Waals surface area (Å²) in [7, 11) is 1.50. The van der Waals surface area contributed by atoms with Crippen LogP contribution >= 0.6 is 0 Å². The molecule has 0 amide bonds. The van der Waals surface area contributed by atoms with E-state index in [4.69, 9.17) is 6.42 Å². The lowest BCUT2D eigenvalue weighted by molar-refractivity contribution is -0.417. The van der Waals surface area contributed by atoms with Gasteiger partial charge in [0, 0.05) is 12.0 Å². The van der Waals surface area contributed by atoms with Crippen LogP contribution in [-0.2, 0) is 6.42 Å². The third-order valence-electron chi connectivity index (χ3n) is 3.01. The van der Waals surface area contributed by atoms with Crippen molar-refractivity contribution < 1.29 is 4.74 Å². The van der Waals surface area contributed by atoms with E-state index in [1.54, 1.807) is 6.21 Å². The fourth-order valence-electron chi connectivity index (χ4n) is 2.30. The average molecular weight is 225 g/mol. The summed E-state index contributed by atoms with van der Waals surface area (Å²) >= 11 is 0. The number of aryl methyl sites for hydroxylation is 1. The van der Waals surface area contributed by atoms with Crippen molar-refractivity contribution in [1.29, 1.82) is 0 Å². The molecule has 17 heavy (non-hydrogen) atoms. The van der Waals surface area contributed by atoms with E-state index < -0.39 is 0 Å². The van der Waals surface area contributed by atoms with Crippen LogP contribution in [0.15, 0.2) is 29.8 Å². The lowest BCUT2D eigenvalue weighted by atomic mass is 9.84. The Morgan fingerprint density at radius 3 is 2.88 bits per heavy atom. The molecule has 1 aliphatic rings. The van der Waals surface area contributed by atoms with Gasteiger partial charge in [0.1, 0.15) is 7.05 Å². The zero-order valence-electron chi connectivity index (χ0n) is 9.94. The summed E-state index contributed by atoms with van der Waals surface area (Å²) in [6.07, 6.45) is 9.51. The Labute approximate surface area is 102 Å². The molecular formula is C15H15NO. The summed E-state index contributed by atoms with van der Waals surface area (Å²) in [6.45, 7) is 0. The van der Waals surface area contributed by atoms with Gasteiger partial charge in [-0.1, -0.05) is 24.3 Å². The molecule has 86 valence electrons. The van der Waals surface area contributed by atoms with E-state index in [-0.39, 0.29) is 0 Å². The first-order chi connectivity index (χ1) is 8.22. The van der Waals surface area contributed by atoms with Gasteiger partial charge in [-0.25, -0.2) is 4.74 Å². The predicted octanol–water partition coefficient (Wildman–Crippen LogP) is 2.62. The molecule has 2 nitrogen and oxygen atoms in total. The first-order valence-electron chi connectivity index (χ1n) is 5.71. The van der Waals surface area contributed by atoms with Crippen LogP contribution < -0.4 is 0 Å². The molecule has 1 aliphatic carbocycles. The van der Waals surface area contributed by atoms with Crippen LogP contribution in [0.5, 0.6) is 0 Å². The van der Waals surface area contributed by atoms with Gasteiger partial charge in [-0.2, -0.15) is 0 Å². The number of terminal acetylenes is 1. The number of hydroxylamine groups is 1. The van der Waals surface area contributed by atoms with E-state index in [0.29, 0.717) is 6.42 Å². The number of rotatable bonds is 2. The molecule has 0 saturated heterocycles. The lowest BCUT2D eigenvalue weighted by Crippen LogP contribution is -2.09. The summed E-state index contributed by atoms with van der Waals surface area (Å²) in [4.78, 5) is 0. The Hall–Kier alpha value is -2.01. The number of allylic oxidation sites excluding steroid dienone is 2. The molecule has 0 radical (unpaired) electrons. The SMILES string of the molecule is C#CCC1=C(/C=[N+](/C)[O-])CCc2ccccc21. The molecule has 0 bridgehead atoms. The Bertz CT molecular complexity index is 528. The molecule has 0 fully saturated rings. The lowest BCUT2D eigenvalue weighted by Gasteiger charge is -2.19. The van der Waals surface area contributed by atoms with Gasteiger partial charge in [-0.3, -0.25) is 0 Å². The minimum Gasteiger partial charge on any atom is -0.624 e. The molecule has 0 aliphatic heterocycles. The third-order valence-corrected chi connectivity index (χ3v) is 3.01. The largest absolute Gasteiger partial charge is 0.624 e. The summed E-state index contributed by atoms with van der Waals surface area (Å²) in [5, 5.41) is 11.1. The molecule has 1 aromatic carbocycles. The topological polar surface area (TPSA) is 26.1 Å². The molecule has 0 spiro atoms.